The van der Waals surface area contributed by atoms with Gasteiger partial charge in [0.15, 0.2) is 22.7 Å². The van der Waals surface area contributed by atoms with Crippen LogP contribution in [0.2, 0.25) is 0 Å². The topological polar surface area (TPSA) is 162 Å². The van der Waals surface area contributed by atoms with Crippen molar-refractivity contribution in [1.82, 2.24) is 9.97 Å². The van der Waals surface area contributed by atoms with Crippen LogP contribution in [0.5, 0.6) is 0 Å². The quantitative estimate of drug-likeness (QED) is 0.235. The van der Waals surface area contributed by atoms with E-state index < -0.39 is 88.6 Å². The van der Waals surface area contributed by atoms with E-state index in [0.29, 0.717) is 6.07 Å². The molecule has 3 heterocycles. The van der Waals surface area contributed by atoms with Crippen LogP contribution < -0.4 is 5.56 Å². The monoisotopic (exact) mass is 574 g/mol. The Morgan fingerprint density at radius 3 is 2.26 bits per heavy atom. The molecule has 0 aromatic carbocycles. The van der Waals surface area contributed by atoms with Gasteiger partial charge in [0.1, 0.15) is 24.0 Å². The van der Waals surface area contributed by atoms with Crippen molar-refractivity contribution in [2.75, 3.05) is 0 Å². The molecule has 3 rings (SSSR count). The number of pyridine rings is 2. The Morgan fingerprint density at radius 1 is 1.13 bits per heavy atom. The number of ether oxygens (including phenoxy) is 1. The minimum absolute atomic E-state index is 0.0823. The molecule has 16 heteroatoms. The van der Waals surface area contributed by atoms with Crippen molar-refractivity contribution in [2.45, 2.75) is 88.5 Å². The number of alkyl halides is 3. The molecule has 38 heavy (non-hydrogen) atoms. The second-order valence-electron chi connectivity index (χ2n) is 9.67. The van der Waals surface area contributed by atoms with Gasteiger partial charge in [0, 0.05) is 12.0 Å². The first-order chi connectivity index (χ1) is 17.3. The van der Waals surface area contributed by atoms with Crippen LogP contribution in [0.3, 0.4) is 0 Å². The van der Waals surface area contributed by atoms with Gasteiger partial charge in [-0.15, -0.1) is 0 Å². The highest BCUT2D eigenvalue weighted by atomic mass is 31.2. The molecular weight excluding hydrogens is 546 g/mol. The number of rotatable bonds is 8. The zero-order valence-corrected chi connectivity index (χ0v) is 21.6. The lowest BCUT2D eigenvalue weighted by molar-refractivity contribution is -0.143. The predicted molar refractivity (Wildman–Crippen MR) is 122 cm³/mol. The molecule has 0 saturated carbocycles. The molecule has 2 aromatic heterocycles. The van der Waals surface area contributed by atoms with E-state index in [1.165, 1.54) is 13.8 Å². The van der Waals surface area contributed by atoms with Crippen molar-refractivity contribution in [1.29, 1.82) is 0 Å². The van der Waals surface area contributed by atoms with E-state index in [-0.39, 0.29) is 19.3 Å². The summed E-state index contributed by atoms with van der Waals surface area (Å²) in [7, 11) is -4.62. The first-order valence-corrected chi connectivity index (χ1v) is 13.1. The third kappa shape index (κ3) is 5.51. The zero-order chi connectivity index (χ0) is 29.0. The van der Waals surface area contributed by atoms with E-state index in [1.54, 1.807) is 6.92 Å². The number of H-pyrrole nitrogens is 1. The second-order valence-corrected chi connectivity index (χ2v) is 11.9. The van der Waals surface area contributed by atoms with E-state index in [1.807, 2.05) is 4.98 Å². The third-order valence-electron chi connectivity index (χ3n) is 6.85. The molecule has 214 valence electrons. The van der Waals surface area contributed by atoms with E-state index in [0.717, 1.165) is 6.92 Å². The maximum Gasteiger partial charge on any atom is 0.436 e. The Balaban J connectivity index is 1.96. The normalized spacial score (nSPS) is 27.2. The van der Waals surface area contributed by atoms with Gasteiger partial charge in [-0.25, -0.2) is 13.8 Å². The van der Waals surface area contributed by atoms with Crippen molar-refractivity contribution < 1.29 is 56.0 Å². The average molecular weight is 574 g/mol. The number of fused-ring (bicyclic) bond motifs is 1. The van der Waals surface area contributed by atoms with Crippen molar-refractivity contribution in [3.8, 4) is 0 Å². The maximum absolute atomic E-state index is 14.5. The number of aromatic amines is 1. The molecule has 5 N–H and O–H groups in total. The molecule has 7 atom stereocenters. The largest absolute Gasteiger partial charge is 0.436 e. The van der Waals surface area contributed by atoms with Crippen LogP contribution in [-0.2, 0) is 20.0 Å². The van der Waals surface area contributed by atoms with Crippen molar-refractivity contribution in [3.63, 3.8) is 0 Å². The lowest BCUT2D eigenvalue weighted by atomic mass is 9.92. The number of nitrogens with one attached hydrogen (secondary N) is 1. The Bertz CT molecular complexity index is 1320. The van der Waals surface area contributed by atoms with Gasteiger partial charge in [0.2, 0.25) is 0 Å². The van der Waals surface area contributed by atoms with Crippen LogP contribution >= 0.6 is 7.60 Å². The zero-order valence-electron chi connectivity index (χ0n) is 20.7. The second kappa shape index (κ2) is 10.2. The van der Waals surface area contributed by atoms with Gasteiger partial charge in [0.05, 0.1) is 17.1 Å². The Hall–Kier alpha value is -2.00. The summed E-state index contributed by atoms with van der Waals surface area (Å²) in [5, 5.41) is 28.5. The van der Waals surface area contributed by atoms with Crippen LogP contribution in [0.4, 0.5) is 22.0 Å². The fourth-order valence-electron chi connectivity index (χ4n) is 4.02. The summed E-state index contributed by atoms with van der Waals surface area (Å²) in [4.78, 5) is 27.8. The lowest BCUT2D eigenvalue weighted by Gasteiger charge is -2.37. The number of hydrogen-bond acceptors (Lipinski definition) is 8. The molecule has 1 saturated heterocycles. The Morgan fingerprint density at radius 2 is 1.74 bits per heavy atom. The fraction of sp³-hybridized carbons (Fsp3) is 0.636. The minimum atomic E-state index is -5.34. The SMILES string of the molecule is CCC(C)(CC1OC(c2cc3c(F)c(F)c(C(F)(F)F)nc3[nH]c2=O)C(O)C1O)OP(=O)(O)C(C)(O)CC. The van der Waals surface area contributed by atoms with Crippen molar-refractivity contribution >= 4 is 18.6 Å². The molecule has 1 fully saturated rings. The van der Waals surface area contributed by atoms with Gasteiger partial charge < -0.3 is 34.5 Å². The molecule has 7 unspecified atom stereocenters. The Kier molecular flexibility index (Phi) is 8.19. The summed E-state index contributed by atoms with van der Waals surface area (Å²) in [5.74, 6) is -4.24. The number of aliphatic hydroxyl groups excluding tert-OH is 2. The first kappa shape index (κ1) is 30.5. The molecule has 0 radical (unpaired) electrons. The van der Waals surface area contributed by atoms with E-state index in [4.69, 9.17) is 9.26 Å². The summed E-state index contributed by atoms with van der Waals surface area (Å²) in [5.41, 5.74) is -6.22. The molecule has 1 aliphatic rings. The van der Waals surface area contributed by atoms with Gasteiger partial charge in [-0.05, 0) is 32.8 Å². The molecule has 2 aromatic rings. The van der Waals surface area contributed by atoms with Crippen LogP contribution in [0.15, 0.2) is 10.9 Å². The molecular formula is C22H28F5N2O8P. The first-order valence-electron chi connectivity index (χ1n) is 11.5. The molecule has 0 amide bonds. The average Bonchev–Trinajstić information content (AvgIpc) is 3.07. The summed E-state index contributed by atoms with van der Waals surface area (Å²) < 4.78 is 91.2. The van der Waals surface area contributed by atoms with E-state index >= 15 is 0 Å². The Labute approximate surface area is 213 Å². The number of hydrogen-bond donors (Lipinski definition) is 5. The highest BCUT2D eigenvalue weighted by Gasteiger charge is 2.51. The minimum Gasteiger partial charge on any atom is -0.388 e. The molecule has 0 spiro atoms. The van der Waals surface area contributed by atoms with Crippen molar-refractivity contribution in [3.05, 3.63) is 39.3 Å². The third-order valence-corrected chi connectivity index (χ3v) is 9.07. The highest BCUT2D eigenvalue weighted by Crippen LogP contribution is 2.59. The number of halogens is 5. The summed E-state index contributed by atoms with van der Waals surface area (Å²) in [6.07, 6.45) is -12.1. The highest BCUT2D eigenvalue weighted by molar-refractivity contribution is 7.54. The van der Waals surface area contributed by atoms with Gasteiger partial charge in [-0.2, -0.15) is 13.2 Å². The van der Waals surface area contributed by atoms with Crippen LogP contribution in [-0.4, -0.2) is 59.4 Å². The standard InChI is InChI=1S/C22H28F5N2O8P/c1-5-20(3,37-38(34,35)21(4,33)6-2)8-11-14(30)15(31)16(36-11)10-7-9-12(23)13(24)17(22(25,26)27)28-18(9)29-19(10)32/h7,11,14-16,30-31,33H,5-6,8H2,1-4H3,(H,34,35)(H,28,29,32). The number of aliphatic hydroxyl groups is 3. The molecule has 10 nitrogen and oxygen atoms in total. The summed E-state index contributed by atoms with van der Waals surface area (Å²) in [6, 6.07) is 0.665. The molecule has 0 aliphatic carbocycles. The van der Waals surface area contributed by atoms with Gasteiger partial charge in [-0.1, -0.05) is 13.8 Å². The smallest absolute Gasteiger partial charge is 0.388 e. The van der Waals surface area contributed by atoms with Crippen LogP contribution in [0.1, 0.15) is 64.3 Å². The number of aromatic nitrogens is 2. The fourth-order valence-corrected chi connectivity index (χ4v) is 5.41. The molecule has 1 aliphatic heterocycles. The predicted octanol–water partition coefficient (Wildman–Crippen LogP) is 3.26. The van der Waals surface area contributed by atoms with Crippen molar-refractivity contribution in [2.24, 2.45) is 0 Å². The molecule has 0 bridgehead atoms. The summed E-state index contributed by atoms with van der Waals surface area (Å²) >= 11 is 0. The van der Waals surface area contributed by atoms with Gasteiger partial charge in [0.25, 0.3) is 5.56 Å². The maximum atomic E-state index is 14.5. The van der Waals surface area contributed by atoms with E-state index in [9.17, 15) is 51.5 Å². The van der Waals surface area contributed by atoms with Crippen LogP contribution in [0, 0.1) is 11.6 Å². The number of nitrogens with zero attached hydrogens (tertiary/aromatic N) is 1. The van der Waals surface area contributed by atoms with Crippen LogP contribution in [0.25, 0.3) is 11.0 Å². The van der Waals surface area contributed by atoms with Gasteiger partial charge >= 0.3 is 13.8 Å². The van der Waals surface area contributed by atoms with Gasteiger partial charge in [-0.3, -0.25) is 9.36 Å². The van der Waals surface area contributed by atoms with E-state index in [2.05, 4.69) is 4.98 Å². The lowest BCUT2D eigenvalue weighted by Crippen LogP contribution is -2.40. The summed E-state index contributed by atoms with van der Waals surface area (Å²) in [6.45, 7) is 5.58.